The van der Waals surface area contributed by atoms with Gasteiger partial charge in [-0.05, 0) is 60.2 Å². The number of benzene rings is 2. The maximum atomic E-state index is 11.1. The van der Waals surface area contributed by atoms with Gasteiger partial charge < -0.3 is 10.0 Å². The highest BCUT2D eigenvalue weighted by molar-refractivity contribution is 7.22. The van der Waals surface area contributed by atoms with Gasteiger partial charge in [0.05, 0.1) is 11.4 Å². The van der Waals surface area contributed by atoms with Crippen molar-refractivity contribution in [3.05, 3.63) is 60.7 Å². The SMILES string of the molecule is O=C(O)C1CCN(c2ccc3cc(-c4cc5ccccc5s4)ccc3n2)CC1. The molecular weight excluding hydrogens is 368 g/mol. The zero-order valence-corrected chi connectivity index (χ0v) is 16.2. The van der Waals surface area contributed by atoms with Crippen LogP contribution in [0.3, 0.4) is 0 Å². The molecule has 0 unspecified atom stereocenters. The summed E-state index contributed by atoms with van der Waals surface area (Å²) in [6.45, 7) is 1.49. The topological polar surface area (TPSA) is 53.4 Å². The van der Waals surface area contributed by atoms with E-state index in [0.29, 0.717) is 12.8 Å². The van der Waals surface area contributed by atoms with Crippen LogP contribution < -0.4 is 4.90 Å². The van der Waals surface area contributed by atoms with Crippen molar-refractivity contribution in [2.75, 3.05) is 18.0 Å². The van der Waals surface area contributed by atoms with Crippen molar-refractivity contribution < 1.29 is 9.90 Å². The second kappa shape index (κ2) is 6.91. The zero-order valence-electron chi connectivity index (χ0n) is 15.3. The average Bonchev–Trinajstić information content (AvgIpc) is 3.17. The lowest BCUT2D eigenvalue weighted by atomic mass is 9.97. The number of carboxylic acids is 1. The molecule has 1 fully saturated rings. The molecule has 1 N–H and O–H groups in total. The molecule has 0 bridgehead atoms. The minimum absolute atomic E-state index is 0.222. The highest BCUT2D eigenvalue weighted by atomic mass is 32.1. The Labute approximate surface area is 167 Å². The Kier molecular flexibility index (Phi) is 4.24. The Bertz CT molecular complexity index is 1140. The Balaban J connectivity index is 1.42. The van der Waals surface area contributed by atoms with Gasteiger partial charge in [0, 0.05) is 28.1 Å². The molecular formula is C23H20N2O2S. The van der Waals surface area contributed by atoms with Crippen molar-refractivity contribution >= 4 is 44.1 Å². The number of thiophene rings is 1. The van der Waals surface area contributed by atoms with Crippen LogP contribution in [0.5, 0.6) is 0 Å². The maximum Gasteiger partial charge on any atom is 0.306 e. The molecule has 0 radical (unpaired) electrons. The number of aliphatic carboxylic acids is 1. The van der Waals surface area contributed by atoms with Crippen LogP contribution in [-0.2, 0) is 4.79 Å². The zero-order chi connectivity index (χ0) is 19.1. The van der Waals surface area contributed by atoms with Gasteiger partial charge in [0.1, 0.15) is 5.82 Å². The molecule has 4 nitrogen and oxygen atoms in total. The predicted octanol–water partition coefficient (Wildman–Crippen LogP) is 5.42. The quantitative estimate of drug-likeness (QED) is 0.509. The number of hydrogen-bond donors (Lipinski definition) is 1. The number of fused-ring (bicyclic) bond motifs is 2. The number of nitrogens with zero attached hydrogens (tertiary/aromatic N) is 2. The van der Waals surface area contributed by atoms with Gasteiger partial charge in [-0.3, -0.25) is 4.79 Å². The van der Waals surface area contributed by atoms with E-state index in [-0.39, 0.29) is 5.92 Å². The summed E-state index contributed by atoms with van der Waals surface area (Å²) in [5, 5.41) is 11.6. The Morgan fingerprint density at radius 3 is 2.61 bits per heavy atom. The van der Waals surface area contributed by atoms with Crippen molar-refractivity contribution in [1.29, 1.82) is 0 Å². The lowest BCUT2D eigenvalue weighted by Crippen LogP contribution is -2.36. The molecule has 1 aliphatic rings. The minimum Gasteiger partial charge on any atom is -0.481 e. The van der Waals surface area contributed by atoms with E-state index in [0.717, 1.165) is 29.8 Å². The summed E-state index contributed by atoms with van der Waals surface area (Å²) in [6.07, 6.45) is 1.36. The molecule has 1 aliphatic heterocycles. The molecule has 5 heteroatoms. The van der Waals surface area contributed by atoms with Crippen molar-refractivity contribution in [1.82, 2.24) is 4.98 Å². The van der Waals surface area contributed by atoms with Gasteiger partial charge >= 0.3 is 5.97 Å². The molecule has 4 aromatic rings. The number of carboxylic acid groups (broad SMARTS) is 1. The van der Waals surface area contributed by atoms with Crippen LogP contribution >= 0.6 is 11.3 Å². The molecule has 5 rings (SSSR count). The first kappa shape index (κ1) is 17.2. The Hall–Kier alpha value is -2.92. The monoisotopic (exact) mass is 388 g/mol. The average molecular weight is 388 g/mol. The fraction of sp³-hybridized carbons (Fsp3) is 0.217. The Morgan fingerprint density at radius 2 is 1.82 bits per heavy atom. The highest BCUT2D eigenvalue weighted by Crippen LogP contribution is 2.35. The van der Waals surface area contributed by atoms with Gasteiger partial charge in [0.2, 0.25) is 0 Å². The number of aromatic nitrogens is 1. The third kappa shape index (κ3) is 3.12. The molecule has 3 heterocycles. The van der Waals surface area contributed by atoms with Crippen LogP contribution in [0.15, 0.2) is 60.7 Å². The minimum atomic E-state index is -0.681. The third-order valence-electron chi connectivity index (χ3n) is 5.55. The van der Waals surface area contributed by atoms with Crippen LogP contribution in [0.4, 0.5) is 5.82 Å². The lowest BCUT2D eigenvalue weighted by molar-refractivity contribution is -0.142. The van der Waals surface area contributed by atoms with Gasteiger partial charge in [-0.25, -0.2) is 4.98 Å². The summed E-state index contributed by atoms with van der Waals surface area (Å²) in [5.74, 6) is 0.0337. The number of rotatable bonds is 3. The van der Waals surface area contributed by atoms with Gasteiger partial charge in [-0.2, -0.15) is 0 Å². The molecule has 0 aliphatic carbocycles. The van der Waals surface area contributed by atoms with E-state index >= 15 is 0 Å². The van der Waals surface area contributed by atoms with Crippen LogP contribution in [0.25, 0.3) is 31.4 Å². The first-order chi connectivity index (χ1) is 13.7. The van der Waals surface area contributed by atoms with Gasteiger partial charge in [0.15, 0.2) is 0 Å². The summed E-state index contributed by atoms with van der Waals surface area (Å²) >= 11 is 1.81. The van der Waals surface area contributed by atoms with Crippen molar-refractivity contribution in [2.24, 2.45) is 5.92 Å². The molecule has 0 spiro atoms. The molecule has 0 amide bonds. The van der Waals surface area contributed by atoms with E-state index in [4.69, 9.17) is 10.1 Å². The maximum absolute atomic E-state index is 11.1. The van der Waals surface area contributed by atoms with E-state index in [1.54, 1.807) is 0 Å². The summed E-state index contributed by atoms with van der Waals surface area (Å²) in [7, 11) is 0. The fourth-order valence-corrected chi connectivity index (χ4v) is 4.98. The Morgan fingerprint density at radius 1 is 1.00 bits per heavy atom. The summed E-state index contributed by atoms with van der Waals surface area (Å²) in [5.41, 5.74) is 2.19. The predicted molar refractivity (Wildman–Crippen MR) is 115 cm³/mol. The molecule has 1 saturated heterocycles. The molecule has 2 aromatic heterocycles. The number of hydrogen-bond acceptors (Lipinski definition) is 4. The second-order valence-electron chi connectivity index (χ2n) is 7.32. The van der Waals surface area contributed by atoms with Crippen LogP contribution in [0.1, 0.15) is 12.8 Å². The summed E-state index contributed by atoms with van der Waals surface area (Å²) in [4.78, 5) is 19.4. The second-order valence-corrected chi connectivity index (χ2v) is 8.41. The fourth-order valence-electron chi connectivity index (χ4n) is 3.92. The molecule has 0 atom stereocenters. The first-order valence-electron chi connectivity index (χ1n) is 9.55. The van der Waals surface area contributed by atoms with Gasteiger partial charge in [-0.15, -0.1) is 11.3 Å². The van der Waals surface area contributed by atoms with Crippen LogP contribution in [0, 0.1) is 5.92 Å². The van der Waals surface area contributed by atoms with Crippen molar-refractivity contribution in [3.63, 3.8) is 0 Å². The molecule has 28 heavy (non-hydrogen) atoms. The number of piperidine rings is 1. The van der Waals surface area contributed by atoms with Crippen LogP contribution in [0.2, 0.25) is 0 Å². The highest BCUT2D eigenvalue weighted by Gasteiger charge is 2.25. The lowest BCUT2D eigenvalue weighted by Gasteiger charge is -2.31. The number of pyridine rings is 1. The van der Waals surface area contributed by atoms with E-state index in [9.17, 15) is 4.79 Å². The van der Waals surface area contributed by atoms with E-state index < -0.39 is 5.97 Å². The van der Waals surface area contributed by atoms with Crippen LogP contribution in [-0.4, -0.2) is 29.1 Å². The van der Waals surface area contributed by atoms with Crippen molar-refractivity contribution in [3.8, 4) is 10.4 Å². The largest absolute Gasteiger partial charge is 0.481 e. The van der Waals surface area contributed by atoms with E-state index in [2.05, 4.69) is 65.6 Å². The van der Waals surface area contributed by atoms with E-state index in [1.165, 1.54) is 20.5 Å². The van der Waals surface area contributed by atoms with E-state index in [1.807, 2.05) is 11.3 Å². The number of carbonyl (C=O) groups is 1. The normalized spacial score (nSPS) is 15.4. The third-order valence-corrected chi connectivity index (χ3v) is 6.72. The summed E-state index contributed by atoms with van der Waals surface area (Å²) < 4.78 is 1.30. The van der Waals surface area contributed by atoms with Crippen molar-refractivity contribution in [2.45, 2.75) is 12.8 Å². The first-order valence-corrected chi connectivity index (χ1v) is 10.4. The standard InChI is InChI=1S/C23H20N2O2S/c26-23(27)15-9-11-25(12-10-15)22-8-6-16-13-18(5-7-19(16)24-22)21-14-17-3-1-2-4-20(17)28-21/h1-8,13-15H,9-12H2,(H,26,27). The van der Waals surface area contributed by atoms with Gasteiger partial charge in [0.25, 0.3) is 0 Å². The number of anilines is 1. The molecule has 2 aromatic carbocycles. The smallest absolute Gasteiger partial charge is 0.306 e. The molecule has 140 valence electrons. The molecule has 0 saturated carbocycles. The van der Waals surface area contributed by atoms with Gasteiger partial charge in [-0.1, -0.05) is 24.3 Å². The summed E-state index contributed by atoms with van der Waals surface area (Å²) in [6, 6.07) is 21.3.